The Balaban J connectivity index is 1.60. The molecule has 2 N–H and O–H groups in total. The predicted molar refractivity (Wildman–Crippen MR) is 112 cm³/mol. The lowest BCUT2D eigenvalue weighted by molar-refractivity contribution is -0.115. The molecule has 5 nitrogen and oxygen atoms in total. The summed E-state index contributed by atoms with van der Waals surface area (Å²) in [6, 6.07) is 15.4. The Morgan fingerprint density at radius 2 is 1.96 bits per heavy atom. The van der Waals surface area contributed by atoms with Gasteiger partial charge in [0.2, 0.25) is 11.1 Å². The molecule has 138 valence electrons. The van der Waals surface area contributed by atoms with Gasteiger partial charge in [-0.05, 0) is 43.2 Å². The van der Waals surface area contributed by atoms with Crippen molar-refractivity contribution < 1.29 is 4.79 Å². The summed E-state index contributed by atoms with van der Waals surface area (Å²) in [5.41, 5.74) is 2.63. The number of hydrogen-bond acceptors (Lipinski definition) is 4. The highest BCUT2D eigenvalue weighted by molar-refractivity contribution is 8.00. The van der Waals surface area contributed by atoms with Crippen molar-refractivity contribution in [2.45, 2.75) is 24.3 Å². The van der Waals surface area contributed by atoms with Crippen LogP contribution in [0.5, 0.6) is 0 Å². The SMILES string of the molecule is Cc1c(Cl)cccc1NC(=O)C(C)Sc1n[nH]c(/C=C/c2ccccc2)n1. The quantitative estimate of drug-likeness (QED) is 0.569. The number of rotatable bonds is 6. The van der Waals surface area contributed by atoms with Gasteiger partial charge in [0.25, 0.3) is 0 Å². The first-order valence-electron chi connectivity index (χ1n) is 8.41. The second-order valence-electron chi connectivity index (χ2n) is 5.91. The highest BCUT2D eigenvalue weighted by atomic mass is 35.5. The van der Waals surface area contributed by atoms with E-state index >= 15 is 0 Å². The van der Waals surface area contributed by atoms with E-state index in [0.717, 1.165) is 11.1 Å². The first kappa shape index (κ1) is 19.2. The maximum absolute atomic E-state index is 12.4. The first-order valence-corrected chi connectivity index (χ1v) is 9.67. The highest BCUT2D eigenvalue weighted by Gasteiger charge is 2.18. The molecule has 0 aliphatic rings. The van der Waals surface area contributed by atoms with Crippen molar-refractivity contribution in [1.82, 2.24) is 15.2 Å². The summed E-state index contributed by atoms with van der Waals surface area (Å²) in [5, 5.41) is 10.7. The largest absolute Gasteiger partial charge is 0.325 e. The average molecular weight is 399 g/mol. The molecule has 1 unspecified atom stereocenters. The summed E-state index contributed by atoms with van der Waals surface area (Å²) in [5.74, 6) is 0.510. The number of carbonyl (C=O) groups is 1. The Kier molecular flexibility index (Phi) is 6.32. The summed E-state index contributed by atoms with van der Waals surface area (Å²) >= 11 is 7.39. The lowest BCUT2D eigenvalue weighted by Gasteiger charge is -2.12. The van der Waals surface area contributed by atoms with E-state index in [0.29, 0.717) is 21.7 Å². The lowest BCUT2D eigenvalue weighted by Crippen LogP contribution is -2.23. The van der Waals surface area contributed by atoms with E-state index in [9.17, 15) is 4.79 Å². The average Bonchev–Trinajstić information content (AvgIpc) is 3.12. The van der Waals surface area contributed by atoms with Crippen molar-refractivity contribution >= 4 is 47.1 Å². The molecule has 1 aromatic heterocycles. The fraction of sp³-hybridized carbons (Fsp3) is 0.150. The number of halogens is 1. The van der Waals surface area contributed by atoms with Crippen LogP contribution >= 0.6 is 23.4 Å². The standard InChI is InChI=1S/C20H19ClN4OS/c1-13-16(21)9-6-10-17(13)22-19(26)14(2)27-20-23-18(24-25-20)12-11-15-7-4-3-5-8-15/h3-12,14H,1-2H3,(H,22,26)(H,23,24,25)/b12-11+. The van der Waals surface area contributed by atoms with E-state index < -0.39 is 0 Å². The molecule has 0 saturated heterocycles. The number of nitrogens with one attached hydrogen (secondary N) is 2. The van der Waals surface area contributed by atoms with Crippen LogP contribution in [0.4, 0.5) is 5.69 Å². The molecule has 0 fully saturated rings. The van der Waals surface area contributed by atoms with Crippen LogP contribution < -0.4 is 5.32 Å². The molecule has 0 saturated carbocycles. The molecule has 1 atom stereocenters. The second kappa shape index (κ2) is 8.88. The molecule has 0 spiro atoms. The van der Waals surface area contributed by atoms with Gasteiger partial charge in [-0.1, -0.05) is 65.8 Å². The summed E-state index contributed by atoms with van der Waals surface area (Å²) in [6.07, 6.45) is 3.81. The third-order valence-electron chi connectivity index (χ3n) is 3.89. The minimum absolute atomic E-state index is 0.128. The normalized spacial score (nSPS) is 12.3. The Morgan fingerprint density at radius 1 is 1.19 bits per heavy atom. The van der Waals surface area contributed by atoms with Gasteiger partial charge in [-0.2, -0.15) is 0 Å². The Labute approximate surface area is 167 Å². The Bertz CT molecular complexity index is 956. The van der Waals surface area contributed by atoms with Crippen LogP contribution in [0.3, 0.4) is 0 Å². The van der Waals surface area contributed by atoms with Gasteiger partial charge in [0, 0.05) is 10.7 Å². The number of benzene rings is 2. The molecule has 1 heterocycles. The van der Waals surface area contributed by atoms with E-state index in [1.54, 1.807) is 6.07 Å². The van der Waals surface area contributed by atoms with E-state index in [2.05, 4.69) is 20.5 Å². The van der Waals surface area contributed by atoms with Crippen LogP contribution in [-0.4, -0.2) is 26.3 Å². The molecule has 0 radical (unpaired) electrons. The number of aromatic nitrogens is 3. The van der Waals surface area contributed by atoms with E-state index in [4.69, 9.17) is 11.6 Å². The lowest BCUT2D eigenvalue weighted by atomic mass is 10.2. The third-order valence-corrected chi connectivity index (χ3v) is 5.26. The zero-order chi connectivity index (χ0) is 19.2. The molecular formula is C20H19ClN4OS. The highest BCUT2D eigenvalue weighted by Crippen LogP contribution is 2.25. The van der Waals surface area contributed by atoms with Crippen LogP contribution in [0.1, 0.15) is 23.9 Å². The molecule has 7 heteroatoms. The summed E-state index contributed by atoms with van der Waals surface area (Å²) < 4.78 is 0. The van der Waals surface area contributed by atoms with Crippen LogP contribution in [0.15, 0.2) is 53.7 Å². The summed E-state index contributed by atoms with van der Waals surface area (Å²) in [6.45, 7) is 3.69. The van der Waals surface area contributed by atoms with Gasteiger partial charge in [0.15, 0.2) is 0 Å². The first-order chi connectivity index (χ1) is 13.0. The number of amides is 1. The molecule has 0 bridgehead atoms. The number of aromatic amines is 1. The molecule has 0 aliphatic carbocycles. The number of carbonyl (C=O) groups excluding carboxylic acids is 1. The van der Waals surface area contributed by atoms with E-state index in [-0.39, 0.29) is 11.2 Å². The van der Waals surface area contributed by atoms with Crippen molar-refractivity contribution in [3.63, 3.8) is 0 Å². The minimum atomic E-state index is -0.356. The minimum Gasteiger partial charge on any atom is -0.325 e. The van der Waals surface area contributed by atoms with Crippen LogP contribution in [0.25, 0.3) is 12.2 Å². The maximum Gasteiger partial charge on any atom is 0.237 e. The van der Waals surface area contributed by atoms with E-state index in [1.165, 1.54) is 11.8 Å². The van der Waals surface area contributed by atoms with Crippen molar-refractivity contribution in [1.29, 1.82) is 0 Å². The Hall–Kier alpha value is -2.57. The smallest absolute Gasteiger partial charge is 0.237 e. The number of hydrogen-bond donors (Lipinski definition) is 2. The fourth-order valence-corrected chi connectivity index (χ4v) is 3.22. The topological polar surface area (TPSA) is 70.7 Å². The van der Waals surface area contributed by atoms with Crippen molar-refractivity contribution in [3.8, 4) is 0 Å². The van der Waals surface area contributed by atoms with Crippen LogP contribution in [0.2, 0.25) is 5.02 Å². The molecule has 3 rings (SSSR count). The number of anilines is 1. The Morgan fingerprint density at radius 3 is 2.74 bits per heavy atom. The van der Waals surface area contributed by atoms with E-state index in [1.807, 2.05) is 68.5 Å². The van der Waals surface area contributed by atoms with Gasteiger partial charge in [-0.3, -0.25) is 9.89 Å². The third kappa shape index (κ3) is 5.21. The number of nitrogens with zero attached hydrogens (tertiary/aromatic N) is 2. The van der Waals surface area contributed by atoms with Crippen LogP contribution in [-0.2, 0) is 4.79 Å². The van der Waals surface area contributed by atoms with Crippen LogP contribution in [0, 0.1) is 6.92 Å². The maximum atomic E-state index is 12.4. The summed E-state index contributed by atoms with van der Waals surface area (Å²) in [7, 11) is 0. The van der Waals surface area contributed by atoms with Crippen molar-refractivity contribution in [3.05, 3.63) is 70.5 Å². The van der Waals surface area contributed by atoms with Crippen molar-refractivity contribution in [2.24, 2.45) is 0 Å². The van der Waals surface area contributed by atoms with Gasteiger partial charge >= 0.3 is 0 Å². The van der Waals surface area contributed by atoms with Gasteiger partial charge in [0.05, 0.1) is 5.25 Å². The number of H-pyrrole nitrogens is 1. The number of thioether (sulfide) groups is 1. The van der Waals surface area contributed by atoms with Gasteiger partial charge in [0.1, 0.15) is 5.82 Å². The fourth-order valence-electron chi connectivity index (χ4n) is 2.31. The van der Waals surface area contributed by atoms with Crippen molar-refractivity contribution in [2.75, 3.05) is 5.32 Å². The molecule has 0 aliphatic heterocycles. The molecular weight excluding hydrogens is 380 g/mol. The summed E-state index contributed by atoms with van der Waals surface area (Å²) in [4.78, 5) is 16.8. The zero-order valence-electron chi connectivity index (χ0n) is 14.9. The molecule has 3 aromatic rings. The van der Waals surface area contributed by atoms with Gasteiger partial charge < -0.3 is 5.32 Å². The monoisotopic (exact) mass is 398 g/mol. The van der Waals surface area contributed by atoms with Gasteiger partial charge in [-0.25, -0.2) is 4.98 Å². The second-order valence-corrected chi connectivity index (χ2v) is 7.62. The van der Waals surface area contributed by atoms with Gasteiger partial charge in [-0.15, -0.1) is 5.10 Å². The molecule has 2 aromatic carbocycles. The molecule has 27 heavy (non-hydrogen) atoms. The molecule has 1 amide bonds. The predicted octanol–water partition coefficient (Wildman–Crippen LogP) is 5.06. The zero-order valence-corrected chi connectivity index (χ0v) is 16.5.